The number of nitrogens with one attached hydrogen (secondary N) is 3. The normalized spacial score (nSPS) is 34.5. The van der Waals surface area contributed by atoms with Gasteiger partial charge in [-0.05, 0) is 75.5 Å². The van der Waals surface area contributed by atoms with Crippen LogP contribution in [-0.2, 0) is 24.4 Å². The van der Waals surface area contributed by atoms with Crippen molar-refractivity contribution in [2.45, 2.75) is 94.8 Å². The lowest BCUT2D eigenvalue weighted by Crippen LogP contribution is -2.57. The average molecular weight is 560 g/mol. The van der Waals surface area contributed by atoms with Gasteiger partial charge in [0, 0.05) is 17.9 Å². The van der Waals surface area contributed by atoms with Gasteiger partial charge in [-0.1, -0.05) is 13.8 Å². The van der Waals surface area contributed by atoms with Gasteiger partial charge in [0.05, 0.1) is 18.2 Å². The van der Waals surface area contributed by atoms with E-state index in [9.17, 15) is 37.6 Å². The molecule has 5 rings (SSSR count). The molecule has 6 N–H and O–H groups in total. The standard InChI is InChI=1S/C25H41N3O9S/c1-14(2)5-18(21(30)27-19(22(31)38(34,35)36)7-17-3-4-26-20(17)29)28-23(32)37-13-24-8-15-6-16(9-24)11-25(33,10-15)12-24/h14-19,22,31,33H,3-13H2,1-2H3,(H,26,29)(H,27,30)(H,28,32)(H,34,35,36)/t15?,16?,17-,18-,19-,22?,24?,25?/m0/s1. The van der Waals surface area contributed by atoms with E-state index in [4.69, 9.17) is 4.74 Å². The average Bonchev–Trinajstić information content (AvgIpc) is 3.18. The van der Waals surface area contributed by atoms with Crippen LogP contribution >= 0.6 is 0 Å². The van der Waals surface area contributed by atoms with Crippen molar-refractivity contribution in [3.05, 3.63) is 0 Å². The van der Waals surface area contributed by atoms with Gasteiger partial charge in [0.25, 0.3) is 10.1 Å². The van der Waals surface area contributed by atoms with Crippen molar-refractivity contribution in [1.82, 2.24) is 16.0 Å². The van der Waals surface area contributed by atoms with E-state index in [-0.39, 0.29) is 36.7 Å². The highest BCUT2D eigenvalue weighted by atomic mass is 32.2. The van der Waals surface area contributed by atoms with E-state index >= 15 is 0 Å². The summed E-state index contributed by atoms with van der Waals surface area (Å²) in [5.74, 6) is -0.907. The second kappa shape index (κ2) is 10.9. The van der Waals surface area contributed by atoms with Gasteiger partial charge in [-0.15, -0.1) is 0 Å². The van der Waals surface area contributed by atoms with Gasteiger partial charge in [-0.3, -0.25) is 14.1 Å². The Morgan fingerprint density at radius 2 is 1.82 bits per heavy atom. The van der Waals surface area contributed by atoms with E-state index in [2.05, 4.69) is 16.0 Å². The van der Waals surface area contributed by atoms with Crippen LogP contribution in [0.2, 0.25) is 0 Å². The fraction of sp³-hybridized carbons (Fsp3) is 0.880. The van der Waals surface area contributed by atoms with Crippen molar-refractivity contribution in [3.63, 3.8) is 0 Å². The van der Waals surface area contributed by atoms with Crippen molar-refractivity contribution >= 4 is 28.0 Å². The molecule has 1 saturated heterocycles. The first-order chi connectivity index (χ1) is 17.7. The molecule has 216 valence electrons. The molecule has 0 aromatic carbocycles. The second-order valence-corrected chi connectivity index (χ2v) is 14.1. The third-order valence-corrected chi connectivity index (χ3v) is 9.59. The molecule has 5 fully saturated rings. The number of aliphatic hydroxyl groups excluding tert-OH is 1. The maximum atomic E-state index is 13.2. The summed E-state index contributed by atoms with van der Waals surface area (Å²) in [6, 6.07) is -2.57. The van der Waals surface area contributed by atoms with Crippen molar-refractivity contribution < 1.29 is 42.3 Å². The number of alkyl carbamates (subject to hydrolysis) is 1. The Labute approximate surface area is 223 Å². The van der Waals surface area contributed by atoms with E-state index in [0.29, 0.717) is 31.2 Å². The number of amides is 3. The third-order valence-electron chi connectivity index (χ3n) is 8.65. The Bertz CT molecular complexity index is 1020. The van der Waals surface area contributed by atoms with Gasteiger partial charge in [0.2, 0.25) is 17.3 Å². The van der Waals surface area contributed by atoms with Crippen molar-refractivity contribution in [2.75, 3.05) is 13.2 Å². The van der Waals surface area contributed by atoms with Crippen LogP contribution in [-0.4, -0.2) is 77.4 Å². The first kappa shape index (κ1) is 29.0. The number of hydrogen-bond donors (Lipinski definition) is 6. The molecule has 38 heavy (non-hydrogen) atoms. The van der Waals surface area contributed by atoms with Crippen LogP contribution in [0.5, 0.6) is 0 Å². The van der Waals surface area contributed by atoms with E-state index in [1.54, 1.807) is 0 Å². The van der Waals surface area contributed by atoms with Crippen molar-refractivity contribution in [1.29, 1.82) is 0 Å². The molecule has 13 heteroatoms. The maximum absolute atomic E-state index is 13.2. The first-order valence-electron chi connectivity index (χ1n) is 13.6. The van der Waals surface area contributed by atoms with Crippen molar-refractivity contribution in [2.24, 2.45) is 29.1 Å². The highest BCUT2D eigenvalue weighted by Crippen LogP contribution is 2.61. The number of carbonyl (C=O) groups excluding carboxylic acids is 3. The molecule has 4 bridgehead atoms. The van der Waals surface area contributed by atoms with Crippen LogP contribution in [0.15, 0.2) is 0 Å². The van der Waals surface area contributed by atoms with Crippen LogP contribution in [0, 0.1) is 29.1 Å². The van der Waals surface area contributed by atoms with Crippen LogP contribution in [0.25, 0.3) is 0 Å². The number of hydrogen-bond acceptors (Lipinski definition) is 8. The smallest absolute Gasteiger partial charge is 0.407 e. The predicted octanol–water partition coefficient (Wildman–Crippen LogP) is 0.676. The molecular weight excluding hydrogens is 518 g/mol. The summed E-state index contributed by atoms with van der Waals surface area (Å²) in [5.41, 5.74) is -3.30. The summed E-state index contributed by atoms with van der Waals surface area (Å²) in [4.78, 5) is 38.0. The lowest BCUT2D eigenvalue weighted by molar-refractivity contribution is -0.175. The lowest BCUT2D eigenvalue weighted by atomic mass is 9.48. The highest BCUT2D eigenvalue weighted by Gasteiger charge is 2.57. The molecule has 0 radical (unpaired) electrons. The largest absolute Gasteiger partial charge is 0.449 e. The molecular formula is C25H41N3O9S. The van der Waals surface area contributed by atoms with Crippen molar-refractivity contribution in [3.8, 4) is 0 Å². The van der Waals surface area contributed by atoms with Gasteiger partial charge in [-0.2, -0.15) is 8.42 Å². The molecule has 5 aliphatic rings. The summed E-state index contributed by atoms with van der Waals surface area (Å²) in [6.45, 7) is 4.22. The summed E-state index contributed by atoms with van der Waals surface area (Å²) < 4.78 is 38.3. The quantitative estimate of drug-likeness (QED) is 0.198. The molecule has 4 aliphatic carbocycles. The molecule has 1 aliphatic heterocycles. The van der Waals surface area contributed by atoms with E-state index < -0.39 is 51.2 Å². The summed E-state index contributed by atoms with van der Waals surface area (Å²) >= 11 is 0. The minimum atomic E-state index is -4.94. The number of aliphatic hydroxyl groups is 2. The minimum absolute atomic E-state index is 0.0333. The fourth-order valence-corrected chi connectivity index (χ4v) is 8.18. The number of carbonyl (C=O) groups is 3. The van der Waals surface area contributed by atoms with E-state index in [1.807, 2.05) is 13.8 Å². The minimum Gasteiger partial charge on any atom is -0.449 e. The topological polar surface area (TPSA) is 191 Å². The van der Waals surface area contributed by atoms with Gasteiger partial charge in [-0.25, -0.2) is 4.79 Å². The highest BCUT2D eigenvalue weighted by molar-refractivity contribution is 7.86. The van der Waals surface area contributed by atoms with E-state index in [0.717, 1.165) is 32.1 Å². The molecule has 0 aromatic heterocycles. The monoisotopic (exact) mass is 559 g/mol. The first-order valence-corrected chi connectivity index (χ1v) is 15.1. The van der Waals surface area contributed by atoms with Gasteiger partial charge >= 0.3 is 6.09 Å². The van der Waals surface area contributed by atoms with Crippen LogP contribution < -0.4 is 16.0 Å². The molecule has 3 unspecified atom stereocenters. The van der Waals surface area contributed by atoms with Crippen LogP contribution in [0.1, 0.15) is 71.6 Å². The third kappa shape index (κ3) is 6.78. The summed E-state index contributed by atoms with van der Waals surface area (Å²) in [6.07, 6.45) is 4.70. The molecule has 4 saturated carbocycles. The predicted molar refractivity (Wildman–Crippen MR) is 135 cm³/mol. The SMILES string of the molecule is CC(C)C[C@H](NC(=O)OCC12CC3CC(CC(O)(C3)C1)C2)C(=O)N[C@@H](C[C@@H]1CCNC1=O)C(O)S(=O)(=O)O. The molecule has 6 atom stereocenters. The second-order valence-electron chi connectivity index (χ2n) is 12.6. The maximum Gasteiger partial charge on any atom is 0.407 e. The zero-order chi connectivity index (χ0) is 27.9. The molecule has 0 spiro atoms. The summed E-state index contributed by atoms with van der Waals surface area (Å²) in [7, 11) is -4.94. The zero-order valence-electron chi connectivity index (χ0n) is 22.0. The van der Waals surface area contributed by atoms with Crippen LogP contribution in [0.4, 0.5) is 4.79 Å². The van der Waals surface area contributed by atoms with E-state index in [1.165, 1.54) is 0 Å². The van der Waals surface area contributed by atoms with Gasteiger partial charge in [0.15, 0.2) is 0 Å². The van der Waals surface area contributed by atoms with Gasteiger partial charge < -0.3 is 30.9 Å². The van der Waals surface area contributed by atoms with Crippen LogP contribution in [0.3, 0.4) is 0 Å². The Balaban J connectivity index is 1.39. The Hall–Kier alpha value is -1.96. The Morgan fingerprint density at radius 1 is 1.16 bits per heavy atom. The number of rotatable bonds is 11. The molecule has 1 heterocycles. The molecule has 0 aromatic rings. The molecule has 12 nitrogen and oxygen atoms in total. The van der Waals surface area contributed by atoms with Gasteiger partial charge in [0.1, 0.15) is 6.04 Å². The fourth-order valence-electron chi connectivity index (χ4n) is 7.59. The number of ether oxygens (including phenoxy) is 1. The molecule has 3 amide bonds. The Morgan fingerprint density at radius 3 is 2.34 bits per heavy atom. The summed E-state index contributed by atoms with van der Waals surface area (Å²) in [5, 5.41) is 28.8. The lowest BCUT2D eigenvalue weighted by Gasteiger charge is -2.59. The zero-order valence-corrected chi connectivity index (χ0v) is 22.8. The Kier molecular flexibility index (Phi) is 8.33.